The Kier molecular flexibility index (Phi) is 4.01. The quantitative estimate of drug-likeness (QED) is 0.756. The van der Waals surface area contributed by atoms with Gasteiger partial charge in [-0.3, -0.25) is 0 Å². The highest BCUT2D eigenvalue weighted by Crippen LogP contribution is 2.18. The van der Waals surface area contributed by atoms with Gasteiger partial charge in [0.15, 0.2) is 5.82 Å². The van der Waals surface area contributed by atoms with Crippen molar-refractivity contribution in [2.24, 2.45) is 0 Å². The van der Waals surface area contributed by atoms with Crippen LogP contribution in [-0.2, 0) is 19.5 Å². The van der Waals surface area contributed by atoms with Crippen LogP contribution in [0.1, 0.15) is 30.6 Å². The Balaban J connectivity index is 1.83. The van der Waals surface area contributed by atoms with Gasteiger partial charge in [0.1, 0.15) is 0 Å². The van der Waals surface area contributed by atoms with Gasteiger partial charge in [0, 0.05) is 24.7 Å². The third-order valence-electron chi connectivity index (χ3n) is 3.50. The average molecular weight is 284 g/mol. The molecule has 0 saturated carbocycles. The van der Waals surface area contributed by atoms with Crippen molar-refractivity contribution in [1.82, 2.24) is 20.0 Å². The van der Waals surface area contributed by atoms with Crippen LogP contribution in [0, 0.1) is 0 Å². The molecule has 110 valence electrons. The van der Waals surface area contributed by atoms with Crippen molar-refractivity contribution in [1.29, 1.82) is 0 Å². The molecule has 1 aromatic carbocycles. The minimum Gasteiger partial charge on any atom is -0.340 e. The summed E-state index contributed by atoms with van der Waals surface area (Å²) in [5, 5.41) is 8.45. The van der Waals surface area contributed by atoms with E-state index in [2.05, 4.69) is 57.4 Å². The highest BCUT2D eigenvalue weighted by molar-refractivity contribution is 5.80. The summed E-state index contributed by atoms with van der Waals surface area (Å²) < 4.78 is 7.39. The molecule has 0 atom stereocenters. The van der Waals surface area contributed by atoms with Crippen molar-refractivity contribution < 1.29 is 4.52 Å². The fourth-order valence-electron chi connectivity index (χ4n) is 2.52. The highest BCUT2D eigenvalue weighted by Gasteiger charge is 2.08. The van der Waals surface area contributed by atoms with Gasteiger partial charge in [-0.25, -0.2) is 0 Å². The van der Waals surface area contributed by atoms with Gasteiger partial charge in [-0.05, 0) is 42.6 Å². The molecule has 5 nitrogen and oxygen atoms in total. The van der Waals surface area contributed by atoms with Crippen LogP contribution in [0.3, 0.4) is 0 Å². The number of aryl methyl sites for hydroxylation is 1. The normalized spacial score (nSPS) is 11.3. The number of fused-ring (bicyclic) bond motifs is 1. The van der Waals surface area contributed by atoms with Crippen molar-refractivity contribution in [3.8, 4) is 0 Å². The van der Waals surface area contributed by atoms with Gasteiger partial charge in [-0.15, -0.1) is 0 Å². The predicted octanol–water partition coefficient (Wildman–Crippen LogP) is 2.74. The lowest BCUT2D eigenvalue weighted by Gasteiger charge is -2.04. The summed E-state index contributed by atoms with van der Waals surface area (Å²) in [6, 6.07) is 8.63. The van der Waals surface area contributed by atoms with Gasteiger partial charge in [0.05, 0.1) is 6.54 Å². The zero-order valence-corrected chi connectivity index (χ0v) is 12.5. The Labute approximate surface area is 124 Å². The first-order valence-corrected chi connectivity index (χ1v) is 7.34. The summed E-state index contributed by atoms with van der Waals surface area (Å²) in [6.07, 6.45) is 3.93. The van der Waals surface area contributed by atoms with E-state index in [1.165, 1.54) is 16.5 Å². The maximum absolute atomic E-state index is 5.23. The molecule has 0 spiro atoms. The Morgan fingerprint density at radius 1 is 1.29 bits per heavy atom. The standard InChI is InChI=1S/C16H20N4O/c1-3-4-16-18-15(19-21-16)11-20-8-7-13-9-12(10-17-2)5-6-14(13)20/h5-9,17H,3-4,10-11H2,1-2H3. The lowest BCUT2D eigenvalue weighted by atomic mass is 10.1. The number of rotatable bonds is 6. The first-order chi connectivity index (χ1) is 10.3. The van der Waals surface area contributed by atoms with E-state index in [9.17, 15) is 0 Å². The third-order valence-corrected chi connectivity index (χ3v) is 3.50. The molecule has 0 radical (unpaired) electrons. The number of nitrogens with one attached hydrogen (secondary N) is 1. The topological polar surface area (TPSA) is 55.9 Å². The fraction of sp³-hybridized carbons (Fsp3) is 0.375. The van der Waals surface area contributed by atoms with Crippen molar-refractivity contribution in [3.63, 3.8) is 0 Å². The molecule has 0 bridgehead atoms. The lowest BCUT2D eigenvalue weighted by molar-refractivity contribution is 0.371. The second-order valence-electron chi connectivity index (χ2n) is 5.22. The molecule has 5 heteroatoms. The van der Waals surface area contributed by atoms with Crippen LogP contribution in [0.2, 0.25) is 0 Å². The first kappa shape index (κ1) is 13.8. The van der Waals surface area contributed by atoms with E-state index in [1.807, 2.05) is 7.05 Å². The Hall–Kier alpha value is -2.14. The van der Waals surface area contributed by atoms with Gasteiger partial charge in [0.25, 0.3) is 0 Å². The Bertz CT molecular complexity index is 729. The van der Waals surface area contributed by atoms with Crippen molar-refractivity contribution >= 4 is 10.9 Å². The van der Waals surface area contributed by atoms with Crippen LogP contribution in [0.5, 0.6) is 0 Å². The molecule has 2 aromatic heterocycles. The smallest absolute Gasteiger partial charge is 0.226 e. The predicted molar refractivity (Wildman–Crippen MR) is 82.1 cm³/mol. The number of aromatic nitrogens is 3. The average Bonchev–Trinajstić information content (AvgIpc) is 3.08. The minimum atomic E-state index is 0.641. The maximum Gasteiger partial charge on any atom is 0.226 e. The molecule has 0 amide bonds. The molecule has 0 aliphatic rings. The molecular weight excluding hydrogens is 264 g/mol. The summed E-state index contributed by atoms with van der Waals surface area (Å²) >= 11 is 0. The number of hydrogen-bond acceptors (Lipinski definition) is 4. The maximum atomic E-state index is 5.23. The minimum absolute atomic E-state index is 0.641. The number of benzene rings is 1. The molecule has 0 fully saturated rings. The van der Waals surface area contributed by atoms with E-state index >= 15 is 0 Å². The van der Waals surface area contributed by atoms with Crippen LogP contribution in [0.15, 0.2) is 35.0 Å². The molecule has 0 aliphatic carbocycles. The van der Waals surface area contributed by atoms with Crippen LogP contribution in [0.4, 0.5) is 0 Å². The third kappa shape index (κ3) is 2.97. The monoisotopic (exact) mass is 284 g/mol. The summed E-state index contributed by atoms with van der Waals surface area (Å²) in [7, 11) is 1.96. The Morgan fingerprint density at radius 2 is 2.19 bits per heavy atom. The zero-order chi connectivity index (χ0) is 14.7. The van der Waals surface area contributed by atoms with Gasteiger partial charge in [-0.2, -0.15) is 4.98 Å². The highest BCUT2D eigenvalue weighted by atomic mass is 16.5. The van der Waals surface area contributed by atoms with Crippen LogP contribution < -0.4 is 5.32 Å². The van der Waals surface area contributed by atoms with Crippen molar-refractivity contribution in [2.45, 2.75) is 32.9 Å². The number of nitrogens with zero attached hydrogens (tertiary/aromatic N) is 3. The van der Waals surface area contributed by atoms with Crippen LogP contribution in [0.25, 0.3) is 10.9 Å². The largest absolute Gasteiger partial charge is 0.340 e. The number of hydrogen-bond donors (Lipinski definition) is 1. The molecule has 1 N–H and O–H groups in total. The van der Waals surface area contributed by atoms with Gasteiger partial charge < -0.3 is 14.4 Å². The SMILES string of the molecule is CCCc1nc(Cn2ccc3cc(CNC)ccc32)no1. The molecule has 3 aromatic rings. The van der Waals surface area contributed by atoms with Crippen molar-refractivity contribution in [3.05, 3.63) is 47.7 Å². The van der Waals surface area contributed by atoms with Crippen LogP contribution >= 0.6 is 0 Å². The zero-order valence-electron chi connectivity index (χ0n) is 12.5. The van der Waals surface area contributed by atoms with E-state index in [1.54, 1.807) is 0 Å². The second kappa shape index (κ2) is 6.10. The van der Waals surface area contributed by atoms with Crippen molar-refractivity contribution in [2.75, 3.05) is 7.05 Å². The molecule has 0 saturated heterocycles. The van der Waals surface area contributed by atoms with E-state index in [0.29, 0.717) is 6.54 Å². The van der Waals surface area contributed by atoms with Gasteiger partial charge >= 0.3 is 0 Å². The Morgan fingerprint density at radius 3 is 3.00 bits per heavy atom. The van der Waals surface area contributed by atoms with Gasteiger partial charge in [0.2, 0.25) is 5.89 Å². The van der Waals surface area contributed by atoms with E-state index in [0.717, 1.165) is 31.1 Å². The molecule has 3 rings (SSSR count). The van der Waals surface area contributed by atoms with Gasteiger partial charge in [-0.1, -0.05) is 18.1 Å². The fourth-order valence-corrected chi connectivity index (χ4v) is 2.52. The second-order valence-corrected chi connectivity index (χ2v) is 5.22. The molecule has 0 unspecified atom stereocenters. The van der Waals surface area contributed by atoms with E-state index in [-0.39, 0.29) is 0 Å². The summed E-state index contributed by atoms with van der Waals surface area (Å²) in [5.41, 5.74) is 2.48. The summed E-state index contributed by atoms with van der Waals surface area (Å²) in [6.45, 7) is 3.63. The molecule has 2 heterocycles. The summed E-state index contributed by atoms with van der Waals surface area (Å²) in [5.74, 6) is 1.45. The van der Waals surface area contributed by atoms with E-state index in [4.69, 9.17) is 4.52 Å². The molecule has 0 aliphatic heterocycles. The summed E-state index contributed by atoms with van der Waals surface area (Å²) in [4.78, 5) is 4.42. The van der Waals surface area contributed by atoms with E-state index < -0.39 is 0 Å². The lowest BCUT2D eigenvalue weighted by Crippen LogP contribution is -2.05. The van der Waals surface area contributed by atoms with Crippen LogP contribution in [-0.4, -0.2) is 21.8 Å². The molecule has 21 heavy (non-hydrogen) atoms. The molecular formula is C16H20N4O. The first-order valence-electron chi connectivity index (χ1n) is 7.34.